The van der Waals surface area contributed by atoms with E-state index < -0.39 is 0 Å². The molecule has 1 aromatic heterocycles. The van der Waals surface area contributed by atoms with Gasteiger partial charge in [-0.3, -0.25) is 10.1 Å². The van der Waals surface area contributed by atoms with Gasteiger partial charge in [0.25, 0.3) is 0 Å². The molecule has 1 amide bonds. The fraction of sp³-hybridized carbons (Fsp3) is 0.333. The highest BCUT2D eigenvalue weighted by Gasteiger charge is 2.06. The van der Waals surface area contributed by atoms with E-state index in [1.54, 1.807) is 6.08 Å². The number of benzene rings is 1. The Kier molecular flexibility index (Phi) is 6.35. The van der Waals surface area contributed by atoms with Gasteiger partial charge in [0.05, 0.1) is 12.3 Å². The summed E-state index contributed by atoms with van der Waals surface area (Å²) in [5.74, 6) is 0.605. The zero-order valence-electron chi connectivity index (χ0n) is 13.8. The molecule has 0 radical (unpaired) electrons. The minimum absolute atomic E-state index is 0.192. The highest BCUT2D eigenvalue weighted by molar-refractivity contribution is 7.15. The third kappa shape index (κ3) is 5.21. The summed E-state index contributed by atoms with van der Waals surface area (Å²) in [4.78, 5) is 17.4. The second kappa shape index (κ2) is 8.48. The molecule has 1 N–H and O–H groups in total. The van der Waals surface area contributed by atoms with E-state index in [1.165, 1.54) is 17.4 Å². The molecule has 2 aromatic rings. The molecule has 0 bridgehead atoms. The Labute approximate surface area is 141 Å². The number of aryl methyl sites for hydroxylation is 2. The van der Waals surface area contributed by atoms with Gasteiger partial charge in [0, 0.05) is 16.5 Å². The summed E-state index contributed by atoms with van der Waals surface area (Å²) < 4.78 is 5.75. The van der Waals surface area contributed by atoms with Crippen LogP contribution < -0.4 is 10.1 Å². The molecule has 2 rings (SSSR count). The number of ether oxygens (including phenoxy) is 1. The molecule has 122 valence electrons. The normalized spacial score (nSPS) is 10.9. The van der Waals surface area contributed by atoms with E-state index in [0.29, 0.717) is 11.7 Å². The summed E-state index contributed by atoms with van der Waals surface area (Å²) in [6, 6.07) is 7.71. The van der Waals surface area contributed by atoms with Crippen LogP contribution in [0, 0.1) is 13.8 Å². The van der Waals surface area contributed by atoms with E-state index in [-0.39, 0.29) is 5.91 Å². The van der Waals surface area contributed by atoms with Crippen molar-refractivity contribution in [3.8, 4) is 5.75 Å². The van der Waals surface area contributed by atoms with Crippen molar-refractivity contribution in [2.24, 2.45) is 0 Å². The van der Waals surface area contributed by atoms with E-state index in [2.05, 4.69) is 17.2 Å². The Morgan fingerprint density at radius 3 is 2.83 bits per heavy atom. The van der Waals surface area contributed by atoms with Crippen LogP contribution in [0.4, 0.5) is 5.13 Å². The lowest BCUT2D eigenvalue weighted by molar-refractivity contribution is -0.111. The lowest BCUT2D eigenvalue weighted by Gasteiger charge is -2.08. The van der Waals surface area contributed by atoms with E-state index in [1.807, 2.05) is 38.1 Å². The minimum atomic E-state index is -0.192. The van der Waals surface area contributed by atoms with Crippen LogP contribution in [0.1, 0.15) is 35.9 Å². The largest absolute Gasteiger partial charge is 0.493 e. The predicted molar refractivity (Wildman–Crippen MR) is 96.1 cm³/mol. The third-order valence-electron chi connectivity index (χ3n) is 3.35. The molecule has 23 heavy (non-hydrogen) atoms. The van der Waals surface area contributed by atoms with Crippen LogP contribution in [0.5, 0.6) is 5.75 Å². The monoisotopic (exact) mass is 330 g/mol. The molecule has 4 nitrogen and oxygen atoms in total. The average molecular weight is 330 g/mol. The van der Waals surface area contributed by atoms with E-state index in [9.17, 15) is 4.79 Å². The van der Waals surface area contributed by atoms with Gasteiger partial charge in [-0.05, 0) is 32.4 Å². The number of nitrogens with one attached hydrogen (secondary N) is 1. The standard InChI is InChI=1S/C18H22N2O2S/c1-4-5-12-22-16-9-7-6-8-15(16)10-11-17(21)20-18-19-13(2)14(3)23-18/h6-11H,4-5,12H2,1-3H3,(H,19,20,21). The first-order valence-corrected chi connectivity index (χ1v) is 8.56. The molecule has 1 aromatic carbocycles. The highest BCUT2D eigenvalue weighted by atomic mass is 32.1. The van der Waals surface area contributed by atoms with Crippen molar-refractivity contribution in [2.45, 2.75) is 33.6 Å². The van der Waals surface area contributed by atoms with Crippen LogP contribution in [0.25, 0.3) is 6.08 Å². The van der Waals surface area contributed by atoms with Gasteiger partial charge in [-0.15, -0.1) is 11.3 Å². The average Bonchev–Trinajstić information content (AvgIpc) is 2.84. The van der Waals surface area contributed by atoms with Crippen molar-refractivity contribution in [3.05, 3.63) is 46.5 Å². The van der Waals surface area contributed by atoms with Gasteiger partial charge in [0.15, 0.2) is 5.13 Å². The highest BCUT2D eigenvalue weighted by Crippen LogP contribution is 2.22. The number of amides is 1. The molecule has 0 fully saturated rings. The Morgan fingerprint density at radius 1 is 1.35 bits per heavy atom. The van der Waals surface area contributed by atoms with Crippen LogP contribution in [0.15, 0.2) is 30.3 Å². The molecule has 0 saturated carbocycles. The van der Waals surface area contributed by atoms with Crippen molar-refractivity contribution in [1.82, 2.24) is 4.98 Å². The van der Waals surface area contributed by atoms with Crippen molar-refractivity contribution in [2.75, 3.05) is 11.9 Å². The van der Waals surface area contributed by atoms with Gasteiger partial charge in [0.2, 0.25) is 5.91 Å². The summed E-state index contributed by atoms with van der Waals surface area (Å²) >= 11 is 1.48. The lowest BCUT2D eigenvalue weighted by Crippen LogP contribution is -2.07. The molecule has 1 heterocycles. The van der Waals surface area contributed by atoms with Crippen LogP contribution >= 0.6 is 11.3 Å². The summed E-state index contributed by atoms with van der Waals surface area (Å²) in [7, 11) is 0. The number of anilines is 1. The first-order valence-electron chi connectivity index (χ1n) is 7.75. The number of thiazole rings is 1. The molecule has 0 saturated heterocycles. The Hall–Kier alpha value is -2.14. The Morgan fingerprint density at radius 2 is 2.13 bits per heavy atom. The van der Waals surface area contributed by atoms with Crippen LogP contribution in [-0.4, -0.2) is 17.5 Å². The number of para-hydroxylation sites is 1. The molecular weight excluding hydrogens is 308 g/mol. The number of aromatic nitrogens is 1. The summed E-state index contributed by atoms with van der Waals surface area (Å²) in [5, 5.41) is 3.41. The summed E-state index contributed by atoms with van der Waals surface area (Å²) in [6.07, 6.45) is 5.38. The molecule has 5 heteroatoms. The van der Waals surface area contributed by atoms with Gasteiger partial charge in [0.1, 0.15) is 5.75 Å². The van der Waals surface area contributed by atoms with Gasteiger partial charge < -0.3 is 4.74 Å². The molecule has 0 unspecified atom stereocenters. The summed E-state index contributed by atoms with van der Waals surface area (Å²) in [5.41, 5.74) is 1.84. The van der Waals surface area contributed by atoms with Crippen LogP contribution in [0.2, 0.25) is 0 Å². The second-order valence-electron chi connectivity index (χ2n) is 5.22. The zero-order chi connectivity index (χ0) is 16.7. The Balaban J connectivity index is 2.00. The van der Waals surface area contributed by atoms with Crippen LogP contribution in [-0.2, 0) is 4.79 Å². The molecule has 0 aliphatic carbocycles. The van der Waals surface area contributed by atoms with E-state index >= 15 is 0 Å². The smallest absolute Gasteiger partial charge is 0.250 e. The molecular formula is C18H22N2O2S. The predicted octanol–water partition coefficient (Wildman–Crippen LogP) is 4.59. The molecule has 0 aliphatic heterocycles. The lowest BCUT2D eigenvalue weighted by atomic mass is 10.2. The number of carbonyl (C=O) groups is 1. The van der Waals surface area contributed by atoms with Crippen molar-refractivity contribution < 1.29 is 9.53 Å². The number of rotatable bonds is 7. The van der Waals surface area contributed by atoms with Crippen LogP contribution in [0.3, 0.4) is 0 Å². The quantitative estimate of drug-likeness (QED) is 0.596. The SMILES string of the molecule is CCCCOc1ccccc1C=CC(=O)Nc1nc(C)c(C)s1. The van der Waals surface area contributed by atoms with Gasteiger partial charge in [-0.1, -0.05) is 31.5 Å². The Bertz CT molecular complexity index is 673. The first-order chi connectivity index (χ1) is 11.1. The number of hydrogen-bond donors (Lipinski definition) is 1. The zero-order valence-corrected chi connectivity index (χ0v) is 14.6. The molecule has 0 atom stereocenters. The number of hydrogen-bond acceptors (Lipinski definition) is 4. The fourth-order valence-electron chi connectivity index (χ4n) is 1.91. The maximum Gasteiger partial charge on any atom is 0.250 e. The minimum Gasteiger partial charge on any atom is -0.493 e. The van der Waals surface area contributed by atoms with Gasteiger partial charge in [-0.25, -0.2) is 4.98 Å². The van der Waals surface area contributed by atoms with E-state index in [0.717, 1.165) is 34.7 Å². The summed E-state index contributed by atoms with van der Waals surface area (Å²) in [6.45, 7) is 6.73. The fourth-order valence-corrected chi connectivity index (χ4v) is 2.73. The number of unbranched alkanes of at least 4 members (excludes halogenated alkanes) is 1. The topological polar surface area (TPSA) is 51.2 Å². The number of nitrogens with zero attached hydrogens (tertiary/aromatic N) is 1. The maximum absolute atomic E-state index is 12.0. The van der Waals surface area contributed by atoms with Gasteiger partial charge >= 0.3 is 0 Å². The second-order valence-corrected chi connectivity index (χ2v) is 6.43. The van der Waals surface area contributed by atoms with E-state index in [4.69, 9.17) is 4.74 Å². The molecule has 0 spiro atoms. The van der Waals surface area contributed by atoms with Gasteiger partial charge in [-0.2, -0.15) is 0 Å². The first kappa shape index (κ1) is 17.2. The number of carbonyl (C=O) groups excluding carboxylic acids is 1. The third-order valence-corrected chi connectivity index (χ3v) is 4.34. The maximum atomic E-state index is 12.0. The van der Waals surface area contributed by atoms with Crippen molar-refractivity contribution >= 4 is 28.5 Å². The van der Waals surface area contributed by atoms with Crippen molar-refractivity contribution in [3.63, 3.8) is 0 Å². The van der Waals surface area contributed by atoms with Crippen molar-refractivity contribution in [1.29, 1.82) is 0 Å². The molecule has 0 aliphatic rings.